The Balaban J connectivity index is 1.47. The normalized spacial score (nSPS) is 22.2. The minimum atomic E-state index is 0.00127. The maximum absolute atomic E-state index is 12.0. The van der Waals surface area contributed by atoms with Crippen molar-refractivity contribution in [1.29, 1.82) is 0 Å². The van der Waals surface area contributed by atoms with Crippen LogP contribution in [0.3, 0.4) is 0 Å². The molecule has 0 bridgehead atoms. The molecular weight excluding hydrogens is 264 g/mol. The number of hydrogen-bond donors (Lipinski definition) is 1. The van der Waals surface area contributed by atoms with E-state index in [1.165, 1.54) is 5.56 Å². The van der Waals surface area contributed by atoms with Crippen molar-refractivity contribution in [3.05, 3.63) is 35.9 Å². The third-order valence-corrected chi connectivity index (χ3v) is 4.55. The number of benzene rings is 1. The Hall–Kier alpha value is -1.84. The lowest BCUT2D eigenvalue weighted by Crippen LogP contribution is -2.42. The third-order valence-electron chi connectivity index (χ3n) is 4.55. The molecule has 4 nitrogen and oxygen atoms in total. The van der Waals surface area contributed by atoms with E-state index in [9.17, 15) is 9.59 Å². The van der Waals surface area contributed by atoms with E-state index in [0.29, 0.717) is 13.0 Å². The standard InChI is InChI=1S/C17H22N2O2/c20-16-11-15(18-17(21)14-7-4-8-14)12-19(16)10-9-13-5-2-1-3-6-13/h1-3,5-6,14-15H,4,7-12H2,(H,18,21). The molecular formula is C17H22N2O2. The zero-order valence-corrected chi connectivity index (χ0v) is 12.3. The van der Waals surface area contributed by atoms with Crippen LogP contribution in [0.2, 0.25) is 0 Å². The van der Waals surface area contributed by atoms with Gasteiger partial charge in [0.2, 0.25) is 11.8 Å². The predicted molar refractivity (Wildman–Crippen MR) is 80.6 cm³/mol. The summed E-state index contributed by atoms with van der Waals surface area (Å²) in [7, 11) is 0. The van der Waals surface area contributed by atoms with Crippen molar-refractivity contribution in [3.63, 3.8) is 0 Å². The second kappa shape index (κ2) is 6.29. The van der Waals surface area contributed by atoms with Gasteiger partial charge in [0, 0.05) is 25.4 Å². The van der Waals surface area contributed by atoms with Gasteiger partial charge in [-0.15, -0.1) is 0 Å². The number of rotatable bonds is 5. The second-order valence-electron chi connectivity index (χ2n) is 6.11. The first-order chi connectivity index (χ1) is 10.2. The van der Waals surface area contributed by atoms with Crippen LogP contribution in [-0.4, -0.2) is 35.8 Å². The van der Waals surface area contributed by atoms with Gasteiger partial charge < -0.3 is 10.2 Å². The van der Waals surface area contributed by atoms with Crippen molar-refractivity contribution in [2.75, 3.05) is 13.1 Å². The summed E-state index contributed by atoms with van der Waals surface area (Å²) in [6.07, 6.45) is 4.49. The zero-order valence-electron chi connectivity index (χ0n) is 12.3. The quantitative estimate of drug-likeness (QED) is 0.896. The molecule has 2 amide bonds. The SMILES string of the molecule is O=C(NC1CC(=O)N(CCc2ccccc2)C1)C1CCC1. The highest BCUT2D eigenvalue weighted by molar-refractivity contribution is 5.83. The molecule has 1 aliphatic heterocycles. The van der Waals surface area contributed by atoms with Crippen LogP contribution in [0.25, 0.3) is 0 Å². The monoisotopic (exact) mass is 286 g/mol. The maximum atomic E-state index is 12.0. The number of amides is 2. The predicted octanol–water partition coefficient (Wildman–Crippen LogP) is 1.75. The highest BCUT2D eigenvalue weighted by atomic mass is 16.2. The van der Waals surface area contributed by atoms with Crippen LogP contribution < -0.4 is 5.32 Å². The van der Waals surface area contributed by atoms with Gasteiger partial charge >= 0.3 is 0 Å². The van der Waals surface area contributed by atoms with E-state index in [2.05, 4.69) is 17.4 Å². The van der Waals surface area contributed by atoms with Gasteiger partial charge in [-0.25, -0.2) is 0 Å². The molecule has 2 fully saturated rings. The summed E-state index contributed by atoms with van der Waals surface area (Å²) in [6.45, 7) is 1.39. The minimum Gasteiger partial charge on any atom is -0.351 e. The van der Waals surface area contributed by atoms with Crippen molar-refractivity contribution in [3.8, 4) is 0 Å². The van der Waals surface area contributed by atoms with Gasteiger partial charge in [-0.3, -0.25) is 9.59 Å². The lowest BCUT2D eigenvalue weighted by Gasteiger charge is -2.26. The Morgan fingerprint density at radius 3 is 2.67 bits per heavy atom. The highest BCUT2D eigenvalue weighted by Crippen LogP contribution is 2.26. The molecule has 1 aromatic carbocycles. The average molecular weight is 286 g/mol. The largest absolute Gasteiger partial charge is 0.351 e. The van der Waals surface area contributed by atoms with E-state index in [0.717, 1.165) is 32.2 Å². The molecule has 1 heterocycles. The van der Waals surface area contributed by atoms with Crippen LogP contribution >= 0.6 is 0 Å². The fourth-order valence-corrected chi connectivity index (χ4v) is 2.98. The topological polar surface area (TPSA) is 49.4 Å². The van der Waals surface area contributed by atoms with Crippen LogP contribution in [0.4, 0.5) is 0 Å². The van der Waals surface area contributed by atoms with Crippen LogP contribution in [0.15, 0.2) is 30.3 Å². The van der Waals surface area contributed by atoms with Gasteiger partial charge in [0.15, 0.2) is 0 Å². The van der Waals surface area contributed by atoms with Gasteiger partial charge in [-0.2, -0.15) is 0 Å². The van der Waals surface area contributed by atoms with Crippen LogP contribution in [0, 0.1) is 5.92 Å². The lowest BCUT2D eigenvalue weighted by molar-refractivity contribution is -0.128. The summed E-state index contributed by atoms with van der Waals surface area (Å²) >= 11 is 0. The first-order valence-corrected chi connectivity index (χ1v) is 7.84. The third kappa shape index (κ3) is 3.43. The molecule has 1 aliphatic carbocycles. The first-order valence-electron chi connectivity index (χ1n) is 7.84. The van der Waals surface area contributed by atoms with Crippen LogP contribution in [-0.2, 0) is 16.0 Å². The highest BCUT2D eigenvalue weighted by Gasteiger charge is 2.33. The summed E-state index contributed by atoms with van der Waals surface area (Å²) in [5.74, 6) is 0.493. The molecule has 1 saturated carbocycles. The van der Waals surface area contributed by atoms with E-state index in [4.69, 9.17) is 0 Å². The molecule has 1 N–H and O–H groups in total. The van der Waals surface area contributed by atoms with E-state index in [1.54, 1.807) is 0 Å². The van der Waals surface area contributed by atoms with Gasteiger partial charge in [-0.1, -0.05) is 36.8 Å². The van der Waals surface area contributed by atoms with Crippen molar-refractivity contribution in [1.82, 2.24) is 10.2 Å². The summed E-state index contributed by atoms with van der Waals surface area (Å²) in [4.78, 5) is 25.8. The van der Waals surface area contributed by atoms with E-state index >= 15 is 0 Å². The maximum Gasteiger partial charge on any atom is 0.224 e. The number of carbonyl (C=O) groups is 2. The van der Waals surface area contributed by atoms with Gasteiger partial charge in [0.05, 0.1) is 6.04 Å². The molecule has 1 unspecified atom stereocenters. The molecule has 0 aromatic heterocycles. The summed E-state index contributed by atoms with van der Waals surface area (Å²) in [6, 6.07) is 10.2. The van der Waals surface area contributed by atoms with Gasteiger partial charge in [-0.05, 0) is 24.8 Å². The lowest BCUT2D eigenvalue weighted by atomic mass is 9.84. The van der Waals surface area contributed by atoms with Crippen molar-refractivity contribution in [2.45, 2.75) is 38.1 Å². The molecule has 3 rings (SSSR count). The number of nitrogens with one attached hydrogen (secondary N) is 1. The van der Waals surface area contributed by atoms with Crippen molar-refractivity contribution < 1.29 is 9.59 Å². The Morgan fingerprint density at radius 1 is 1.24 bits per heavy atom. The number of likely N-dealkylation sites (tertiary alicyclic amines) is 1. The summed E-state index contributed by atoms with van der Waals surface area (Å²) < 4.78 is 0. The van der Waals surface area contributed by atoms with E-state index < -0.39 is 0 Å². The average Bonchev–Trinajstić information content (AvgIpc) is 2.75. The van der Waals surface area contributed by atoms with E-state index in [1.807, 2.05) is 23.1 Å². The van der Waals surface area contributed by atoms with E-state index in [-0.39, 0.29) is 23.8 Å². The van der Waals surface area contributed by atoms with Crippen molar-refractivity contribution in [2.24, 2.45) is 5.92 Å². The Morgan fingerprint density at radius 2 is 2.00 bits per heavy atom. The van der Waals surface area contributed by atoms with Crippen LogP contribution in [0.5, 0.6) is 0 Å². The second-order valence-corrected chi connectivity index (χ2v) is 6.11. The summed E-state index contributed by atoms with van der Waals surface area (Å²) in [5, 5.41) is 3.04. The van der Waals surface area contributed by atoms with Gasteiger partial charge in [0.1, 0.15) is 0 Å². The Bertz CT molecular complexity index is 511. The number of hydrogen-bond acceptors (Lipinski definition) is 2. The van der Waals surface area contributed by atoms with Crippen LogP contribution in [0.1, 0.15) is 31.2 Å². The molecule has 112 valence electrons. The molecule has 1 aromatic rings. The summed E-state index contributed by atoms with van der Waals surface area (Å²) in [5.41, 5.74) is 1.24. The zero-order chi connectivity index (χ0) is 14.7. The molecule has 1 atom stereocenters. The van der Waals surface area contributed by atoms with Crippen molar-refractivity contribution >= 4 is 11.8 Å². The minimum absolute atomic E-state index is 0.00127. The Kier molecular flexibility index (Phi) is 4.23. The van der Waals surface area contributed by atoms with Gasteiger partial charge in [0.25, 0.3) is 0 Å². The molecule has 21 heavy (non-hydrogen) atoms. The number of nitrogens with zero attached hydrogens (tertiary/aromatic N) is 1. The molecule has 2 aliphatic rings. The Labute approximate surface area is 125 Å². The molecule has 0 spiro atoms. The number of carbonyl (C=O) groups excluding carboxylic acids is 2. The molecule has 1 saturated heterocycles. The first kappa shape index (κ1) is 14.1. The molecule has 4 heteroatoms. The fraction of sp³-hybridized carbons (Fsp3) is 0.529. The fourth-order valence-electron chi connectivity index (χ4n) is 2.98. The smallest absolute Gasteiger partial charge is 0.224 e. The molecule has 0 radical (unpaired) electrons.